The van der Waals surface area contributed by atoms with Gasteiger partial charge in [-0.3, -0.25) is 10.3 Å². The number of benzene rings is 2. The van der Waals surface area contributed by atoms with Crippen molar-refractivity contribution in [2.24, 2.45) is 0 Å². The molecule has 25 heavy (non-hydrogen) atoms. The van der Waals surface area contributed by atoms with E-state index >= 15 is 0 Å². The molecule has 1 heterocycles. The van der Waals surface area contributed by atoms with E-state index in [0.717, 1.165) is 17.7 Å². The number of pyridine rings is 1. The second kappa shape index (κ2) is 7.53. The molecule has 4 nitrogen and oxygen atoms in total. The minimum atomic E-state index is -0.800. The zero-order valence-corrected chi connectivity index (χ0v) is 13.1. The number of halogens is 2. The molecule has 0 aliphatic carbocycles. The van der Waals surface area contributed by atoms with Crippen LogP contribution in [0, 0.1) is 11.6 Å². The number of aromatic nitrogens is 1. The molecule has 0 aliphatic rings. The molecule has 1 N–H and O–H groups in total. The van der Waals surface area contributed by atoms with E-state index in [1.165, 1.54) is 12.4 Å². The van der Waals surface area contributed by atoms with Crippen molar-refractivity contribution in [2.45, 2.75) is 6.61 Å². The van der Waals surface area contributed by atoms with Crippen molar-refractivity contribution in [1.82, 2.24) is 4.98 Å². The molecular weight excluding hydrogens is 326 g/mol. The summed E-state index contributed by atoms with van der Waals surface area (Å²) < 4.78 is 33.5. The van der Waals surface area contributed by atoms with Crippen molar-refractivity contribution < 1.29 is 18.3 Å². The van der Waals surface area contributed by atoms with Gasteiger partial charge in [0.05, 0.1) is 5.56 Å². The van der Waals surface area contributed by atoms with Gasteiger partial charge in [0.15, 0.2) is 0 Å². The molecule has 6 heteroatoms. The van der Waals surface area contributed by atoms with Gasteiger partial charge in [-0.2, -0.15) is 0 Å². The van der Waals surface area contributed by atoms with Crippen LogP contribution >= 0.6 is 0 Å². The molecule has 3 aromatic rings. The van der Waals surface area contributed by atoms with Crippen molar-refractivity contribution in [1.29, 1.82) is 0 Å². The lowest BCUT2D eigenvalue weighted by molar-refractivity contribution is 0.155. The van der Waals surface area contributed by atoms with Gasteiger partial charge in [-0.15, -0.1) is 0 Å². The third-order valence-electron chi connectivity index (χ3n) is 3.45. The zero-order chi connectivity index (χ0) is 17.6. The van der Waals surface area contributed by atoms with E-state index in [9.17, 15) is 13.6 Å². The molecule has 0 aliphatic heterocycles. The first-order valence-corrected chi connectivity index (χ1v) is 7.50. The molecule has 0 saturated heterocycles. The summed E-state index contributed by atoms with van der Waals surface area (Å²) in [6.07, 6.45) is 2.08. The maximum Gasteiger partial charge on any atom is 0.411 e. The third kappa shape index (κ3) is 4.17. The number of anilines is 1. The standard InChI is InChI=1S/C19H14F2N2O2/c20-16-9-15(10-17(21)18(16)14-7-4-8-22-11-14)23-19(24)25-12-13-5-2-1-3-6-13/h1-11H,12H2,(H,23,24). The second-order valence-corrected chi connectivity index (χ2v) is 5.24. The van der Waals surface area contributed by atoms with E-state index in [1.54, 1.807) is 24.3 Å². The van der Waals surface area contributed by atoms with Gasteiger partial charge in [0, 0.05) is 23.6 Å². The minimum absolute atomic E-state index is 0.0271. The summed E-state index contributed by atoms with van der Waals surface area (Å²) in [5.41, 5.74) is 0.898. The van der Waals surface area contributed by atoms with Crippen molar-refractivity contribution in [3.05, 3.63) is 84.2 Å². The fraction of sp³-hybridized carbons (Fsp3) is 0.0526. The van der Waals surface area contributed by atoms with Crippen LogP contribution in [0.25, 0.3) is 11.1 Å². The van der Waals surface area contributed by atoms with Crippen LogP contribution in [-0.4, -0.2) is 11.1 Å². The topological polar surface area (TPSA) is 51.2 Å². The molecule has 3 rings (SSSR count). The van der Waals surface area contributed by atoms with Gasteiger partial charge in [-0.25, -0.2) is 13.6 Å². The molecule has 0 fully saturated rings. The van der Waals surface area contributed by atoms with E-state index < -0.39 is 17.7 Å². The Hall–Kier alpha value is -3.28. The number of ether oxygens (including phenoxy) is 1. The van der Waals surface area contributed by atoms with E-state index in [0.29, 0.717) is 5.56 Å². The summed E-state index contributed by atoms with van der Waals surface area (Å²) in [4.78, 5) is 15.6. The number of hydrogen-bond acceptors (Lipinski definition) is 3. The lowest BCUT2D eigenvalue weighted by Gasteiger charge is -2.10. The van der Waals surface area contributed by atoms with Gasteiger partial charge in [0.2, 0.25) is 0 Å². The van der Waals surface area contributed by atoms with E-state index in [2.05, 4.69) is 10.3 Å². The summed E-state index contributed by atoms with van der Waals surface area (Å²) in [5, 5.41) is 2.32. The first-order valence-electron chi connectivity index (χ1n) is 7.50. The van der Waals surface area contributed by atoms with Gasteiger partial charge in [-0.05, 0) is 23.8 Å². The Labute approximate surface area is 143 Å². The van der Waals surface area contributed by atoms with Crippen LogP contribution in [0.2, 0.25) is 0 Å². The Morgan fingerprint density at radius 3 is 2.40 bits per heavy atom. The zero-order valence-electron chi connectivity index (χ0n) is 13.1. The molecule has 0 spiro atoms. The molecule has 0 saturated carbocycles. The minimum Gasteiger partial charge on any atom is -0.444 e. The van der Waals surface area contributed by atoms with Crippen LogP contribution in [-0.2, 0) is 11.3 Å². The number of hydrogen-bond donors (Lipinski definition) is 1. The van der Waals surface area contributed by atoms with Gasteiger partial charge in [-0.1, -0.05) is 36.4 Å². The quantitative estimate of drug-likeness (QED) is 0.744. The van der Waals surface area contributed by atoms with Crippen molar-refractivity contribution >= 4 is 11.8 Å². The number of nitrogens with zero attached hydrogens (tertiary/aromatic N) is 1. The number of amides is 1. The molecule has 1 amide bonds. The van der Waals surface area contributed by atoms with Crippen LogP contribution in [0.15, 0.2) is 67.0 Å². The van der Waals surface area contributed by atoms with Gasteiger partial charge >= 0.3 is 6.09 Å². The summed E-state index contributed by atoms with van der Waals surface area (Å²) >= 11 is 0. The fourth-order valence-electron chi connectivity index (χ4n) is 2.31. The largest absolute Gasteiger partial charge is 0.444 e. The molecule has 2 aromatic carbocycles. The molecule has 126 valence electrons. The maximum absolute atomic E-state index is 14.2. The lowest BCUT2D eigenvalue weighted by Crippen LogP contribution is -2.14. The Balaban J connectivity index is 1.70. The molecule has 0 bridgehead atoms. The predicted octanol–water partition coefficient (Wildman–Crippen LogP) is 4.78. The van der Waals surface area contributed by atoms with Crippen LogP contribution in [0.5, 0.6) is 0 Å². The summed E-state index contributed by atoms with van der Waals surface area (Å²) in [7, 11) is 0. The first kappa shape index (κ1) is 16.6. The average molecular weight is 340 g/mol. The van der Waals surface area contributed by atoms with Crippen LogP contribution in [0.4, 0.5) is 19.3 Å². The van der Waals surface area contributed by atoms with Crippen molar-refractivity contribution in [2.75, 3.05) is 5.32 Å². The molecule has 0 unspecified atom stereocenters. The number of nitrogens with one attached hydrogen (secondary N) is 1. The van der Waals surface area contributed by atoms with Crippen LogP contribution in [0.3, 0.4) is 0 Å². The highest BCUT2D eigenvalue weighted by Gasteiger charge is 2.15. The lowest BCUT2D eigenvalue weighted by atomic mass is 10.1. The monoisotopic (exact) mass is 340 g/mol. The highest BCUT2D eigenvalue weighted by Crippen LogP contribution is 2.28. The van der Waals surface area contributed by atoms with Crippen molar-refractivity contribution in [3.8, 4) is 11.1 Å². The number of carbonyl (C=O) groups is 1. The Morgan fingerprint density at radius 1 is 1.04 bits per heavy atom. The first-order chi connectivity index (χ1) is 12.1. The number of rotatable bonds is 4. The summed E-state index contributed by atoms with van der Waals surface area (Å²) in [5.74, 6) is -1.60. The molecule has 1 aromatic heterocycles. The normalized spacial score (nSPS) is 10.3. The Morgan fingerprint density at radius 2 is 1.76 bits per heavy atom. The molecular formula is C19H14F2N2O2. The average Bonchev–Trinajstić information content (AvgIpc) is 2.61. The predicted molar refractivity (Wildman–Crippen MR) is 89.8 cm³/mol. The highest BCUT2D eigenvalue weighted by atomic mass is 19.1. The molecule has 0 atom stereocenters. The summed E-state index contributed by atoms with van der Waals surface area (Å²) in [6, 6.07) is 14.3. The van der Waals surface area contributed by atoms with E-state index in [1.807, 2.05) is 18.2 Å². The Kier molecular flexibility index (Phi) is 4.99. The summed E-state index contributed by atoms with van der Waals surface area (Å²) in [6.45, 7) is 0.0609. The van der Waals surface area contributed by atoms with E-state index in [4.69, 9.17) is 4.74 Å². The maximum atomic E-state index is 14.2. The van der Waals surface area contributed by atoms with Gasteiger partial charge in [0.25, 0.3) is 0 Å². The van der Waals surface area contributed by atoms with Crippen LogP contribution < -0.4 is 5.32 Å². The van der Waals surface area contributed by atoms with Crippen LogP contribution in [0.1, 0.15) is 5.56 Å². The molecule has 0 radical (unpaired) electrons. The fourth-order valence-corrected chi connectivity index (χ4v) is 2.31. The number of carbonyl (C=O) groups excluding carboxylic acids is 1. The SMILES string of the molecule is O=C(Nc1cc(F)c(-c2cccnc2)c(F)c1)OCc1ccccc1. The third-order valence-corrected chi connectivity index (χ3v) is 3.45. The highest BCUT2D eigenvalue weighted by molar-refractivity contribution is 5.85. The van der Waals surface area contributed by atoms with E-state index in [-0.39, 0.29) is 17.9 Å². The van der Waals surface area contributed by atoms with Crippen molar-refractivity contribution in [3.63, 3.8) is 0 Å². The van der Waals surface area contributed by atoms with Gasteiger partial charge < -0.3 is 4.74 Å². The Bertz CT molecular complexity index is 848. The second-order valence-electron chi connectivity index (χ2n) is 5.24. The smallest absolute Gasteiger partial charge is 0.411 e. The van der Waals surface area contributed by atoms with Gasteiger partial charge in [0.1, 0.15) is 18.2 Å².